The molecule has 2 amide bonds. The number of hydrogen-bond acceptors (Lipinski definition) is 5. The van der Waals surface area contributed by atoms with E-state index in [4.69, 9.17) is 14.2 Å². The highest BCUT2D eigenvalue weighted by molar-refractivity contribution is 5.97. The smallest absolute Gasteiger partial charge is 0.254 e. The molecule has 1 aliphatic rings. The topological polar surface area (TPSA) is 68.3 Å². The van der Waals surface area contributed by atoms with Crippen molar-refractivity contribution in [2.75, 3.05) is 40.5 Å². The molecule has 206 valence electrons. The molecule has 3 atom stereocenters. The Hall–Kier alpha value is -3.16. The average Bonchev–Trinajstić information content (AvgIpc) is 2.91. The van der Waals surface area contributed by atoms with Gasteiger partial charge >= 0.3 is 0 Å². The first kappa shape index (κ1) is 29.4. The predicted octanol–water partition coefficient (Wildman–Crippen LogP) is 4.99. The first-order chi connectivity index (χ1) is 18.3. The van der Waals surface area contributed by atoms with Crippen LogP contribution in [0.2, 0.25) is 0 Å². The van der Waals surface area contributed by atoms with E-state index in [2.05, 4.69) is 13.8 Å². The maximum atomic E-state index is 14.3. The van der Waals surface area contributed by atoms with Crippen LogP contribution < -0.4 is 4.74 Å². The zero-order chi connectivity index (χ0) is 27.7. The molecule has 0 saturated heterocycles. The molecule has 0 N–H and O–H groups in total. The first-order valence-electron chi connectivity index (χ1n) is 13.4. The Morgan fingerprint density at radius 2 is 1.66 bits per heavy atom. The van der Waals surface area contributed by atoms with E-state index in [1.54, 1.807) is 31.3 Å². The van der Waals surface area contributed by atoms with Gasteiger partial charge in [-0.3, -0.25) is 9.59 Å². The van der Waals surface area contributed by atoms with E-state index in [0.29, 0.717) is 31.0 Å². The summed E-state index contributed by atoms with van der Waals surface area (Å²) in [7, 11) is 3.28. The molecule has 0 aromatic heterocycles. The summed E-state index contributed by atoms with van der Waals surface area (Å²) >= 11 is 0. The molecular formula is C31H42N2O5. The summed E-state index contributed by atoms with van der Waals surface area (Å²) in [6, 6.07) is 16.2. The maximum Gasteiger partial charge on any atom is 0.254 e. The minimum Gasteiger partial charge on any atom is -0.489 e. The van der Waals surface area contributed by atoms with Crippen molar-refractivity contribution in [3.63, 3.8) is 0 Å². The molecule has 1 heterocycles. The Morgan fingerprint density at radius 1 is 0.974 bits per heavy atom. The summed E-state index contributed by atoms with van der Waals surface area (Å²) in [5, 5.41) is 0. The summed E-state index contributed by atoms with van der Waals surface area (Å²) in [4.78, 5) is 31.6. The lowest BCUT2D eigenvalue weighted by molar-refractivity contribution is -0.142. The van der Waals surface area contributed by atoms with Gasteiger partial charge in [0.2, 0.25) is 5.91 Å². The van der Waals surface area contributed by atoms with E-state index >= 15 is 0 Å². The lowest BCUT2D eigenvalue weighted by Crippen LogP contribution is -2.55. The number of amides is 2. The highest BCUT2D eigenvalue weighted by Gasteiger charge is 2.38. The standard InChI is InChI=1S/C31H42N2O5/c1-22(2)20-32-21-27(36-5)29(37-6)25-16-10-11-17-26(25)38-19-13-12-18-33(28(23(3)4)31(32)35)30(34)24-14-8-7-9-15-24/h7-17,22-23,27-29H,18-21H2,1-6H3/b13-12+/t27?,28-,29-/m0/s1. The summed E-state index contributed by atoms with van der Waals surface area (Å²) in [5.41, 5.74) is 1.42. The van der Waals surface area contributed by atoms with Crippen molar-refractivity contribution in [1.82, 2.24) is 9.80 Å². The summed E-state index contributed by atoms with van der Waals surface area (Å²) in [6.45, 7) is 9.58. The number of para-hydroxylation sites is 1. The molecule has 0 radical (unpaired) electrons. The Kier molecular flexibility index (Phi) is 10.9. The fourth-order valence-corrected chi connectivity index (χ4v) is 4.96. The quantitative estimate of drug-likeness (QED) is 0.500. The van der Waals surface area contributed by atoms with Crippen molar-refractivity contribution in [2.24, 2.45) is 11.8 Å². The van der Waals surface area contributed by atoms with Crippen LogP contribution in [0, 0.1) is 11.8 Å². The molecule has 38 heavy (non-hydrogen) atoms. The van der Waals surface area contributed by atoms with Gasteiger partial charge in [-0.2, -0.15) is 0 Å². The third-order valence-corrected chi connectivity index (χ3v) is 6.72. The molecular weight excluding hydrogens is 480 g/mol. The van der Waals surface area contributed by atoms with Gasteiger partial charge in [0.05, 0.1) is 0 Å². The van der Waals surface area contributed by atoms with E-state index in [0.717, 1.165) is 5.56 Å². The van der Waals surface area contributed by atoms with Crippen molar-refractivity contribution < 1.29 is 23.8 Å². The van der Waals surface area contributed by atoms with Gasteiger partial charge < -0.3 is 24.0 Å². The molecule has 0 aliphatic carbocycles. The molecule has 2 aromatic rings. The Labute approximate surface area is 227 Å². The molecule has 1 unspecified atom stereocenters. The highest BCUT2D eigenvalue weighted by atomic mass is 16.5. The normalized spacial score (nSPS) is 22.1. The lowest BCUT2D eigenvalue weighted by atomic mass is 9.97. The molecule has 0 bridgehead atoms. The number of nitrogens with zero attached hydrogens (tertiary/aromatic N) is 2. The molecule has 2 aromatic carbocycles. The van der Waals surface area contributed by atoms with Crippen LogP contribution in [0.25, 0.3) is 0 Å². The zero-order valence-corrected chi connectivity index (χ0v) is 23.5. The lowest BCUT2D eigenvalue weighted by Gasteiger charge is -2.39. The summed E-state index contributed by atoms with van der Waals surface area (Å²) in [5.74, 6) is 0.537. The van der Waals surface area contributed by atoms with E-state index in [1.807, 2.05) is 73.4 Å². The van der Waals surface area contributed by atoms with Crippen LogP contribution in [-0.4, -0.2) is 74.2 Å². The molecule has 7 nitrogen and oxygen atoms in total. The number of carbonyl (C=O) groups excluding carboxylic acids is 2. The largest absolute Gasteiger partial charge is 0.489 e. The second-order valence-electron chi connectivity index (χ2n) is 10.4. The number of hydrogen-bond donors (Lipinski definition) is 0. The number of ether oxygens (including phenoxy) is 3. The minimum absolute atomic E-state index is 0.0927. The number of rotatable bonds is 6. The van der Waals surface area contributed by atoms with Crippen LogP contribution in [0.5, 0.6) is 5.75 Å². The van der Waals surface area contributed by atoms with Crippen molar-refractivity contribution in [3.05, 3.63) is 77.9 Å². The number of fused-ring (bicyclic) bond motifs is 1. The third kappa shape index (κ3) is 7.23. The van der Waals surface area contributed by atoms with Crippen LogP contribution in [0.15, 0.2) is 66.7 Å². The van der Waals surface area contributed by atoms with Crippen molar-refractivity contribution >= 4 is 11.8 Å². The zero-order valence-electron chi connectivity index (χ0n) is 23.5. The number of methoxy groups -OCH3 is 2. The minimum atomic E-state index is -0.652. The monoisotopic (exact) mass is 522 g/mol. The third-order valence-electron chi connectivity index (χ3n) is 6.72. The SMILES string of the molecule is COC1CN(CC(C)C)C(=O)[C@H](C(C)C)N(C(=O)c2ccccc2)C/C=C/COc2ccccc2[C@@H]1OC. The van der Waals surface area contributed by atoms with Crippen molar-refractivity contribution in [1.29, 1.82) is 0 Å². The number of carbonyl (C=O) groups is 2. The molecule has 7 heteroatoms. The average molecular weight is 523 g/mol. The van der Waals surface area contributed by atoms with Crippen LogP contribution in [0.1, 0.15) is 49.7 Å². The van der Waals surface area contributed by atoms with Crippen LogP contribution in [0.4, 0.5) is 0 Å². The molecule has 0 fully saturated rings. The van der Waals surface area contributed by atoms with E-state index in [9.17, 15) is 9.59 Å². The van der Waals surface area contributed by atoms with Crippen LogP contribution in [0.3, 0.4) is 0 Å². The molecule has 0 spiro atoms. The Morgan fingerprint density at radius 3 is 2.29 bits per heavy atom. The van der Waals surface area contributed by atoms with Gasteiger partial charge in [0.1, 0.15) is 30.6 Å². The molecule has 0 saturated carbocycles. The number of benzene rings is 2. The van der Waals surface area contributed by atoms with E-state index < -0.39 is 18.2 Å². The van der Waals surface area contributed by atoms with Crippen molar-refractivity contribution in [3.8, 4) is 5.75 Å². The van der Waals surface area contributed by atoms with Gasteiger partial charge in [0.15, 0.2) is 0 Å². The van der Waals surface area contributed by atoms with Gasteiger partial charge in [0, 0.05) is 45.0 Å². The second kappa shape index (κ2) is 14.1. The fraction of sp³-hybridized carbons (Fsp3) is 0.484. The van der Waals surface area contributed by atoms with Gasteiger partial charge in [-0.1, -0.05) is 70.2 Å². The van der Waals surface area contributed by atoms with Crippen LogP contribution in [-0.2, 0) is 14.3 Å². The second-order valence-corrected chi connectivity index (χ2v) is 10.4. The maximum absolute atomic E-state index is 14.3. The first-order valence-corrected chi connectivity index (χ1v) is 13.4. The van der Waals surface area contributed by atoms with Gasteiger partial charge in [-0.25, -0.2) is 0 Å². The predicted molar refractivity (Wildman–Crippen MR) is 149 cm³/mol. The highest BCUT2D eigenvalue weighted by Crippen LogP contribution is 2.32. The summed E-state index contributed by atoms with van der Waals surface area (Å²) < 4.78 is 18.0. The van der Waals surface area contributed by atoms with Crippen molar-refractivity contribution in [2.45, 2.75) is 45.9 Å². The summed E-state index contributed by atoms with van der Waals surface area (Å²) in [6.07, 6.45) is 2.88. The Bertz CT molecular complexity index is 1070. The van der Waals surface area contributed by atoms with E-state index in [1.165, 1.54) is 0 Å². The van der Waals surface area contributed by atoms with E-state index in [-0.39, 0.29) is 30.2 Å². The van der Waals surface area contributed by atoms with Gasteiger partial charge in [-0.15, -0.1) is 0 Å². The van der Waals surface area contributed by atoms with Gasteiger partial charge in [-0.05, 0) is 36.1 Å². The fourth-order valence-electron chi connectivity index (χ4n) is 4.96. The molecule has 1 aliphatic heterocycles. The molecule has 3 rings (SSSR count). The Balaban J connectivity index is 2.11. The van der Waals surface area contributed by atoms with Gasteiger partial charge in [0.25, 0.3) is 5.91 Å². The van der Waals surface area contributed by atoms with Crippen LogP contribution >= 0.6 is 0 Å².